The highest BCUT2D eigenvalue weighted by Crippen LogP contribution is 2.28. The Kier molecular flexibility index (Phi) is 8.38. The molecule has 11 nitrogen and oxygen atoms in total. The molecular formula is C16H15ClN2O9S. The number of sulfonamides is 1. The third-order valence-corrected chi connectivity index (χ3v) is 4.39. The lowest BCUT2D eigenvalue weighted by molar-refractivity contribution is -0.134. The van der Waals surface area contributed by atoms with E-state index in [0.29, 0.717) is 17.9 Å². The second-order valence-corrected chi connectivity index (χ2v) is 7.06. The van der Waals surface area contributed by atoms with Gasteiger partial charge in [0.2, 0.25) is 10.0 Å². The number of aliphatic carboxylic acids is 2. The molecule has 13 heteroatoms. The van der Waals surface area contributed by atoms with Gasteiger partial charge in [0.05, 0.1) is 29.1 Å². The number of furan rings is 1. The van der Waals surface area contributed by atoms with Crippen molar-refractivity contribution in [2.75, 3.05) is 5.32 Å². The van der Waals surface area contributed by atoms with Gasteiger partial charge in [-0.2, -0.15) is 0 Å². The number of carboxylic acid groups (broad SMARTS) is 3. The summed E-state index contributed by atoms with van der Waals surface area (Å²) >= 11 is 5.84. The zero-order valence-electron chi connectivity index (χ0n) is 14.4. The van der Waals surface area contributed by atoms with Crippen LogP contribution in [0.3, 0.4) is 0 Å². The third kappa shape index (κ3) is 8.04. The first-order valence-corrected chi connectivity index (χ1v) is 9.34. The van der Waals surface area contributed by atoms with Crippen molar-refractivity contribution >= 4 is 45.2 Å². The van der Waals surface area contributed by atoms with E-state index in [-0.39, 0.29) is 22.8 Å². The van der Waals surface area contributed by atoms with Gasteiger partial charge >= 0.3 is 17.9 Å². The van der Waals surface area contributed by atoms with Crippen LogP contribution in [0.4, 0.5) is 5.69 Å². The molecule has 0 saturated carbocycles. The Labute approximate surface area is 169 Å². The highest BCUT2D eigenvalue weighted by molar-refractivity contribution is 7.89. The van der Waals surface area contributed by atoms with Gasteiger partial charge in [0.1, 0.15) is 10.7 Å². The van der Waals surface area contributed by atoms with Crippen LogP contribution in [-0.2, 0) is 26.2 Å². The number of hydrogen-bond donors (Lipinski definition) is 5. The summed E-state index contributed by atoms with van der Waals surface area (Å²) in [4.78, 5) is 29.9. The normalized spacial score (nSPS) is 10.8. The molecule has 0 saturated heterocycles. The van der Waals surface area contributed by atoms with E-state index in [1.807, 2.05) is 0 Å². The quantitative estimate of drug-likeness (QED) is 0.389. The fourth-order valence-corrected chi connectivity index (χ4v) is 2.93. The van der Waals surface area contributed by atoms with Crippen LogP contribution in [0.2, 0.25) is 5.02 Å². The Morgan fingerprint density at radius 3 is 2.14 bits per heavy atom. The zero-order valence-corrected chi connectivity index (χ0v) is 16.0. The number of nitrogens with two attached hydrogens (primary N) is 1. The molecule has 1 aromatic carbocycles. The van der Waals surface area contributed by atoms with Crippen molar-refractivity contribution in [3.63, 3.8) is 0 Å². The van der Waals surface area contributed by atoms with Crippen molar-refractivity contribution < 1.29 is 42.5 Å². The summed E-state index contributed by atoms with van der Waals surface area (Å²) in [5.41, 5.74) is -0.0914. The van der Waals surface area contributed by atoms with Crippen molar-refractivity contribution in [2.45, 2.75) is 11.4 Å². The predicted octanol–water partition coefficient (Wildman–Crippen LogP) is 1.60. The summed E-state index contributed by atoms with van der Waals surface area (Å²) in [5.74, 6) is -3.24. The van der Waals surface area contributed by atoms with Crippen molar-refractivity contribution in [2.24, 2.45) is 5.14 Å². The molecule has 0 atom stereocenters. The molecule has 0 amide bonds. The van der Waals surface area contributed by atoms with Crippen LogP contribution in [0, 0.1) is 0 Å². The molecule has 2 aromatic rings. The van der Waals surface area contributed by atoms with E-state index in [1.54, 1.807) is 12.1 Å². The van der Waals surface area contributed by atoms with E-state index < -0.39 is 32.8 Å². The average molecular weight is 447 g/mol. The first kappa shape index (κ1) is 23.7. The van der Waals surface area contributed by atoms with Crippen LogP contribution in [0.15, 0.2) is 52.0 Å². The lowest BCUT2D eigenvalue weighted by Crippen LogP contribution is -2.15. The maximum Gasteiger partial charge on any atom is 0.337 e. The molecule has 1 aromatic heterocycles. The molecule has 0 aliphatic rings. The largest absolute Gasteiger partial charge is 0.478 e. The van der Waals surface area contributed by atoms with Crippen LogP contribution in [0.1, 0.15) is 16.1 Å². The summed E-state index contributed by atoms with van der Waals surface area (Å²) in [5, 5.41) is 32.4. The Hall–Kier alpha value is -3.35. The molecule has 0 unspecified atom stereocenters. The maximum absolute atomic E-state index is 11.3. The summed E-state index contributed by atoms with van der Waals surface area (Å²) in [7, 11) is -4.11. The van der Waals surface area contributed by atoms with Crippen LogP contribution in [0.5, 0.6) is 0 Å². The third-order valence-electron chi connectivity index (χ3n) is 3.01. The summed E-state index contributed by atoms with van der Waals surface area (Å²) < 4.78 is 27.8. The first-order valence-electron chi connectivity index (χ1n) is 7.41. The number of hydrogen-bond acceptors (Lipinski definition) is 7. The smallest absolute Gasteiger partial charge is 0.337 e. The minimum atomic E-state index is -4.11. The van der Waals surface area contributed by atoms with E-state index in [9.17, 15) is 22.8 Å². The van der Waals surface area contributed by atoms with Gasteiger partial charge in [-0.25, -0.2) is 27.9 Å². The van der Waals surface area contributed by atoms with Gasteiger partial charge in [0.15, 0.2) is 0 Å². The number of carboxylic acids is 3. The van der Waals surface area contributed by atoms with Crippen molar-refractivity contribution in [3.8, 4) is 0 Å². The molecular weight excluding hydrogens is 432 g/mol. The van der Waals surface area contributed by atoms with Crippen molar-refractivity contribution in [1.82, 2.24) is 0 Å². The SMILES string of the molecule is NS(=O)(=O)c1cc(C(=O)O)c(NCc2ccco2)cc1Cl.O=C(O)/C=C\C(=O)O. The molecule has 0 aliphatic heterocycles. The van der Waals surface area contributed by atoms with Crippen molar-refractivity contribution in [3.05, 3.63) is 59.0 Å². The molecule has 156 valence electrons. The Morgan fingerprint density at radius 2 is 1.72 bits per heavy atom. The number of anilines is 1. The average Bonchev–Trinajstić information content (AvgIpc) is 3.10. The minimum Gasteiger partial charge on any atom is -0.478 e. The van der Waals surface area contributed by atoms with Gasteiger partial charge in [0.25, 0.3) is 0 Å². The minimum absolute atomic E-state index is 0.163. The summed E-state index contributed by atoms with van der Waals surface area (Å²) in [6.07, 6.45) is 2.59. The molecule has 0 spiro atoms. The van der Waals surface area contributed by atoms with Crippen LogP contribution < -0.4 is 10.5 Å². The van der Waals surface area contributed by atoms with E-state index in [4.69, 9.17) is 36.5 Å². The van der Waals surface area contributed by atoms with E-state index >= 15 is 0 Å². The number of carbonyl (C=O) groups is 3. The summed E-state index contributed by atoms with van der Waals surface area (Å²) in [6, 6.07) is 5.51. The van der Waals surface area contributed by atoms with Gasteiger partial charge in [-0.05, 0) is 24.3 Å². The van der Waals surface area contributed by atoms with Gasteiger partial charge in [0, 0.05) is 12.2 Å². The number of benzene rings is 1. The van der Waals surface area contributed by atoms with Gasteiger partial charge < -0.3 is 25.1 Å². The van der Waals surface area contributed by atoms with Gasteiger partial charge in [-0.15, -0.1) is 0 Å². The lowest BCUT2D eigenvalue weighted by atomic mass is 10.1. The van der Waals surface area contributed by atoms with E-state index in [0.717, 1.165) is 6.07 Å². The lowest BCUT2D eigenvalue weighted by Gasteiger charge is -2.11. The molecule has 0 fully saturated rings. The number of halogens is 1. The number of rotatable bonds is 7. The molecule has 0 bridgehead atoms. The van der Waals surface area contributed by atoms with Crippen LogP contribution in [-0.4, -0.2) is 41.6 Å². The van der Waals surface area contributed by atoms with Gasteiger partial charge in [-0.1, -0.05) is 11.6 Å². The highest BCUT2D eigenvalue weighted by Gasteiger charge is 2.20. The fraction of sp³-hybridized carbons (Fsp3) is 0.0625. The highest BCUT2D eigenvalue weighted by atomic mass is 35.5. The molecule has 6 N–H and O–H groups in total. The number of aromatic carboxylic acids is 1. The summed E-state index contributed by atoms with van der Waals surface area (Å²) in [6.45, 7) is 0.221. The standard InChI is InChI=1S/C12H11ClN2O5S.C4H4O4/c13-9-5-10(15-6-7-2-1-3-20-7)8(12(16)17)4-11(9)21(14,18)19;5-3(6)1-2-4(7)8/h1-5,15H,6H2,(H,16,17)(H2,14,18,19);1-2H,(H,5,6)(H,7,8)/b;2-1-. The second-order valence-electron chi connectivity index (χ2n) is 5.12. The molecule has 2 rings (SSSR count). The van der Waals surface area contributed by atoms with Crippen LogP contribution in [0.25, 0.3) is 0 Å². The maximum atomic E-state index is 11.3. The Balaban J connectivity index is 0.000000447. The van der Waals surface area contributed by atoms with Gasteiger partial charge in [-0.3, -0.25) is 0 Å². The molecule has 1 heterocycles. The Bertz CT molecular complexity index is 1010. The Morgan fingerprint density at radius 1 is 1.14 bits per heavy atom. The number of primary sulfonamides is 1. The first-order chi connectivity index (χ1) is 13.4. The van der Waals surface area contributed by atoms with E-state index in [2.05, 4.69) is 5.32 Å². The monoisotopic (exact) mass is 446 g/mol. The van der Waals surface area contributed by atoms with Crippen LogP contribution >= 0.6 is 11.6 Å². The number of nitrogens with one attached hydrogen (secondary N) is 1. The molecule has 0 aliphatic carbocycles. The van der Waals surface area contributed by atoms with Crippen molar-refractivity contribution in [1.29, 1.82) is 0 Å². The zero-order chi connectivity index (χ0) is 22.2. The molecule has 0 radical (unpaired) electrons. The fourth-order valence-electron chi connectivity index (χ4n) is 1.83. The molecule has 29 heavy (non-hydrogen) atoms. The topological polar surface area (TPSA) is 197 Å². The predicted molar refractivity (Wildman–Crippen MR) is 100 cm³/mol. The second kappa shape index (κ2) is 10.3. The van der Waals surface area contributed by atoms with E-state index in [1.165, 1.54) is 12.3 Å².